The number of rotatable bonds is 5. The third-order valence-electron chi connectivity index (χ3n) is 3.53. The second-order valence-corrected chi connectivity index (χ2v) is 5.09. The van der Waals surface area contributed by atoms with Gasteiger partial charge in [-0.05, 0) is 36.4 Å². The van der Waals surface area contributed by atoms with Crippen LogP contribution < -0.4 is 10.1 Å². The van der Waals surface area contributed by atoms with Gasteiger partial charge in [0.1, 0.15) is 17.3 Å². The largest absolute Gasteiger partial charge is 0.497 e. The molecule has 3 aromatic rings. The molecule has 3 rings (SSSR count). The van der Waals surface area contributed by atoms with Crippen LogP contribution in [0, 0.1) is 5.82 Å². The van der Waals surface area contributed by atoms with E-state index in [1.165, 1.54) is 31.4 Å². The summed E-state index contributed by atoms with van der Waals surface area (Å²) in [5, 5.41) is 6.91. The summed E-state index contributed by atoms with van der Waals surface area (Å²) in [5.74, 6) is -0.241. The van der Waals surface area contributed by atoms with E-state index in [9.17, 15) is 9.18 Å². The van der Waals surface area contributed by atoms with Crippen LogP contribution in [0.4, 0.5) is 16.0 Å². The summed E-state index contributed by atoms with van der Waals surface area (Å²) in [4.78, 5) is 12.2. The number of nitrogens with zero attached hydrogens (tertiary/aromatic N) is 1. The minimum atomic E-state index is -0.619. The minimum Gasteiger partial charge on any atom is -0.497 e. The number of anilines is 2. The summed E-state index contributed by atoms with van der Waals surface area (Å²) in [7, 11) is 2.82. The van der Waals surface area contributed by atoms with Gasteiger partial charge in [0.2, 0.25) is 5.88 Å². The van der Waals surface area contributed by atoms with Gasteiger partial charge in [-0.3, -0.25) is 0 Å². The van der Waals surface area contributed by atoms with Gasteiger partial charge in [0.25, 0.3) is 0 Å². The van der Waals surface area contributed by atoms with Crippen molar-refractivity contribution in [2.75, 3.05) is 19.5 Å². The molecule has 0 saturated carbocycles. The van der Waals surface area contributed by atoms with E-state index in [2.05, 4.69) is 10.5 Å². The standard InChI is InChI=1S/C18H15FN2O4/c1-23-14-5-3-4-13(10-14)20-17-15(18(22)24-2)16(21-25-17)11-6-8-12(19)9-7-11/h3-10,20H,1-2H3. The summed E-state index contributed by atoms with van der Waals surface area (Å²) in [6.45, 7) is 0. The molecule has 6 nitrogen and oxygen atoms in total. The molecule has 0 aliphatic rings. The van der Waals surface area contributed by atoms with Crippen molar-refractivity contribution >= 4 is 17.5 Å². The fourth-order valence-electron chi connectivity index (χ4n) is 2.30. The maximum Gasteiger partial charge on any atom is 0.345 e. The number of ether oxygens (including phenoxy) is 2. The monoisotopic (exact) mass is 342 g/mol. The van der Waals surface area contributed by atoms with Crippen LogP contribution in [-0.4, -0.2) is 25.3 Å². The molecule has 0 bridgehead atoms. The molecule has 0 aliphatic carbocycles. The van der Waals surface area contributed by atoms with Gasteiger partial charge in [0, 0.05) is 17.3 Å². The highest BCUT2D eigenvalue weighted by molar-refractivity contribution is 6.01. The number of methoxy groups -OCH3 is 2. The van der Waals surface area contributed by atoms with Crippen LogP contribution >= 0.6 is 0 Å². The number of carbonyl (C=O) groups excluding carboxylic acids is 1. The van der Waals surface area contributed by atoms with Crippen molar-refractivity contribution in [2.24, 2.45) is 0 Å². The average molecular weight is 342 g/mol. The van der Waals surface area contributed by atoms with Crippen molar-refractivity contribution in [2.45, 2.75) is 0 Å². The Morgan fingerprint density at radius 2 is 1.92 bits per heavy atom. The molecule has 0 unspecified atom stereocenters. The first-order valence-corrected chi connectivity index (χ1v) is 7.37. The predicted molar refractivity (Wildman–Crippen MR) is 89.5 cm³/mol. The van der Waals surface area contributed by atoms with Gasteiger partial charge in [-0.2, -0.15) is 0 Å². The van der Waals surface area contributed by atoms with Gasteiger partial charge in [-0.1, -0.05) is 11.2 Å². The third-order valence-corrected chi connectivity index (χ3v) is 3.53. The number of hydrogen-bond donors (Lipinski definition) is 1. The molecule has 0 radical (unpaired) electrons. The van der Waals surface area contributed by atoms with Gasteiger partial charge in [0.05, 0.1) is 14.2 Å². The molecule has 128 valence electrons. The summed E-state index contributed by atoms with van der Waals surface area (Å²) < 4.78 is 28.4. The Hall–Kier alpha value is -3.35. The van der Waals surface area contributed by atoms with Crippen molar-refractivity contribution in [1.82, 2.24) is 5.16 Å². The second kappa shape index (κ2) is 7.04. The number of halogens is 1. The fraction of sp³-hybridized carbons (Fsp3) is 0.111. The lowest BCUT2D eigenvalue weighted by Crippen LogP contribution is -2.05. The van der Waals surface area contributed by atoms with E-state index >= 15 is 0 Å². The summed E-state index contributed by atoms with van der Waals surface area (Å²) in [6.07, 6.45) is 0. The SMILES string of the molecule is COC(=O)c1c(-c2ccc(F)cc2)noc1Nc1cccc(OC)c1. The zero-order chi connectivity index (χ0) is 17.8. The number of esters is 1. The third kappa shape index (κ3) is 3.45. The predicted octanol–water partition coefficient (Wildman–Crippen LogP) is 4.02. The summed E-state index contributed by atoms with van der Waals surface area (Å²) >= 11 is 0. The molecule has 7 heteroatoms. The van der Waals surface area contributed by atoms with Crippen molar-refractivity contribution in [3.63, 3.8) is 0 Å². The zero-order valence-electron chi connectivity index (χ0n) is 13.6. The number of nitrogens with one attached hydrogen (secondary N) is 1. The number of benzene rings is 2. The van der Waals surface area contributed by atoms with Gasteiger partial charge < -0.3 is 19.3 Å². The Morgan fingerprint density at radius 3 is 2.60 bits per heavy atom. The number of hydrogen-bond acceptors (Lipinski definition) is 6. The number of aromatic nitrogens is 1. The Morgan fingerprint density at radius 1 is 1.16 bits per heavy atom. The number of carbonyl (C=O) groups is 1. The van der Waals surface area contributed by atoms with E-state index in [-0.39, 0.29) is 23.0 Å². The normalized spacial score (nSPS) is 10.4. The Labute approximate surface area is 143 Å². The molecule has 0 amide bonds. The summed E-state index contributed by atoms with van der Waals surface area (Å²) in [6, 6.07) is 12.7. The van der Waals surface area contributed by atoms with E-state index in [1.54, 1.807) is 31.4 Å². The molecule has 1 heterocycles. The van der Waals surface area contributed by atoms with Crippen molar-refractivity contribution in [1.29, 1.82) is 0 Å². The maximum atomic E-state index is 13.1. The van der Waals surface area contributed by atoms with Gasteiger partial charge in [0.15, 0.2) is 5.56 Å². The van der Waals surface area contributed by atoms with Crippen LogP contribution in [0.15, 0.2) is 53.1 Å². The molecule has 1 aromatic heterocycles. The van der Waals surface area contributed by atoms with Crippen LogP contribution in [0.3, 0.4) is 0 Å². The van der Waals surface area contributed by atoms with Gasteiger partial charge in [-0.15, -0.1) is 0 Å². The molecule has 1 N–H and O–H groups in total. The molecular weight excluding hydrogens is 327 g/mol. The van der Waals surface area contributed by atoms with E-state index in [1.807, 2.05) is 0 Å². The fourth-order valence-corrected chi connectivity index (χ4v) is 2.30. The molecule has 0 atom stereocenters. The van der Waals surface area contributed by atoms with E-state index < -0.39 is 5.97 Å². The van der Waals surface area contributed by atoms with E-state index in [0.717, 1.165) is 0 Å². The van der Waals surface area contributed by atoms with Crippen molar-refractivity contribution < 1.29 is 23.2 Å². The first-order valence-electron chi connectivity index (χ1n) is 7.37. The van der Waals surface area contributed by atoms with E-state index in [4.69, 9.17) is 14.0 Å². The highest BCUT2D eigenvalue weighted by atomic mass is 19.1. The molecule has 25 heavy (non-hydrogen) atoms. The molecule has 0 aliphatic heterocycles. The lowest BCUT2D eigenvalue weighted by molar-refractivity contribution is 0.0602. The molecular formula is C18H15FN2O4. The van der Waals surface area contributed by atoms with Gasteiger partial charge in [-0.25, -0.2) is 9.18 Å². The Kier molecular flexibility index (Phi) is 4.65. The maximum absolute atomic E-state index is 13.1. The van der Waals surface area contributed by atoms with Crippen LogP contribution in [0.5, 0.6) is 5.75 Å². The Bertz CT molecular complexity index is 890. The van der Waals surface area contributed by atoms with Crippen LogP contribution in [0.2, 0.25) is 0 Å². The topological polar surface area (TPSA) is 73.6 Å². The van der Waals surface area contributed by atoms with Crippen molar-refractivity contribution in [3.8, 4) is 17.0 Å². The van der Waals surface area contributed by atoms with Crippen LogP contribution in [-0.2, 0) is 4.74 Å². The Balaban J connectivity index is 2.02. The smallest absolute Gasteiger partial charge is 0.345 e. The average Bonchev–Trinajstić information content (AvgIpc) is 3.05. The van der Waals surface area contributed by atoms with Crippen molar-refractivity contribution in [3.05, 3.63) is 59.9 Å². The highest BCUT2D eigenvalue weighted by Crippen LogP contribution is 2.32. The zero-order valence-corrected chi connectivity index (χ0v) is 13.6. The first kappa shape index (κ1) is 16.5. The first-order chi connectivity index (χ1) is 12.1. The minimum absolute atomic E-state index is 0.122. The molecule has 0 fully saturated rings. The molecule has 0 spiro atoms. The van der Waals surface area contributed by atoms with Gasteiger partial charge >= 0.3 is 5.97 Å². The van der Waals surface area contributed by atoms with Crippen LogP contribution in [0.1, 0.15) is 10.4 Å². The summed E-state index contributed by atoms with van der Waals surface area (Å²) in [5.41, 5.74) is 1.56. The highest BCUT2D eigenvalue weighted by Gasteiger charge is 2.25. The van der Waals surface area contributed by atoms with Crippen LogP contribution in [0.25, 0.3) is 11.3 Å². The lowest BCUT2D eigenvalue weighted by atomic mass is 10.1. The second-order valence-electron chi connectivity index (χ2n) is 5.09. The molecule has 0 saturated heterocycles. The molecule has 2 aromatic carbocycles. The van der Waals surface area contributed by atoms with E-state index in [0.29, 0.717) is 17.0 Å². The quantitative estimate of drug-likeness (QED) is 0.706. The lowest BCUT2D eigenvalue weighted by Gasteiger charge is -2.07.